The van der Waals surface area contributed by atoms with E-state index in [4.69, 9.17) is 5.26 Å². The average molecular weight is 276 g/mol. The van der Waals surface area contributed by atoms with Crippen LogP contribution < -0.4 is 5.69 Å². The second-order valence-corrected chi connectivity index (χ2v) is 5.02. The summed E-state index contributed by atoms with van der Waals surface area (Å²) in [7, 11) is 1.60. The number of H-pyrrole nitrogens is 1. The number of aliphatic hydroxyl groups is 1. The molecule has 2 rings (SSSR count). The molecule has 0 radical (unpaired) electrons. The third kappa shape index (κ3) is 2.70. The zero-order valence-corrected chi connectivity index (χ0v) is 11.2. The number of aliphatic hydroxyl groups excluding tert-OH is 1. The largest absolute Gasteiger partial charge is 0.389 e. The lowest BCUT2D eigenvalue weighted by molar-refractivity contribution is 0.196. The van der Waals surface area contributed by atoms with Crippen LogP contribution in [0.2, 0.25) is 0 Å². The van der Waals surface area contributed by atoms with Crippen LogP contribution in [0.15, 0.2) is 33.0 Å². The minimum Gasteiger partial charge on any atom is -0.389 e. The van der Waals surface area contributed by atoms with Gasteiger partial charge >= 0.3 is 5.69 Å². The second-order valence-electron chi connectivity index (χ2n) is 4.01. The lowest BCUT2D eigenvalue weighted by atomic mass is 10.1. The van der Waals surface area contributed by atoms with Gasteiger partial charge in [-0.3, -0.25) is 4.57 Å². The van der Waals surface area contributed by atoms with E-state index < -0.39 is 6.10 Å². The van der Waals surface area contributed by atoms with Crippen LogP contribution in [0, 0.1) is 11.3 Å². The number of nitrogens with zero attached hydrogens (tertiary/aromatic N) is 3. The van der Waals surface area contributed by atoms with E-state index in [1.54, 1.807) is 32.2 Å². The zero-order chi connectivity index (χ0) is 14.0. The van der Waals surface area contributed by atoms with E-state index in [0.717, 1.165) is 0 Å². The molecule has 1 aromatic carbocycles. The van der Waals surface area contributed by atoms with Gasteiger partial charge in [0.2, 0.25) is 0 Å². The highest BCUT2D eigenvalue weighted by molar-refractivity contribution is 7.99. The Hall–Kier alpha value is -2.04. The van der Waals surface area contributed by atoms with E-state index in [-0.39, 0.29) is 5.69 Å². The van der Waals surface area contributed by atoms with Gasteiger partial charge in [-0.15, -0.1) is 5.10 Å². The van der Waals surface area contributed by atoms with E-state index in [1.807, 2.05) is 6.07 Å². The van der Waals surface area contributed by atoms with Crippen molar-refractivity contribution in [2.75, 3.05) is 0 Å². The van der Waals surface area contributed by atoms with Crippen LogP contribution in [0.1, 0.15) is 24.2 Å². The lowest BCUT2D eigenvalue weighted by Crippen LogP contribution is -2.12. The van der Waals surface area contributed by atoms with Gasteiger partial charge in [0.25, 0.3) is 0 Å². The maximum Gasteiger partial charge on any atom is 0.343 e. The number of rotatable bonds is 3. The summed E-state index contributed by atoms with van der Waals surface area (Å²) in [5.74, 6) is 0. The first kappa shape index (κ1) is 13.4. The highest BCUT2D eigenvalue weighted by atomic mass is 32.2. The molecule has 0 amide bonds. The van der Waals surface area contributed by atoms with Crippen molar-refractivity contribution in [3.63, 3.8) is 0 Å². The molecule has 0 saturated carbocycles. The highest BCUT2D eigenvalue weighted by Gasteiger charge is 2.13. The number of hydrogen-bond donors (Lipinski definition) is 2. The molecule has 7 heteroatoms. The molecule has 1 heterocycles. The molecule has 0 aliphatic heterocycles. The molecule has 0 bridgehead atoms. The van der Waals surface area contributed by atoms with Gasteiger partial charge in [-0.05, 0) is 36.4 Å². The molecule has 0 saturated heterocycles. The fraction of sp³-hybridized carbons (Fsp3) is 0.250. The summed E-state index contributed by atoms with van der Waals surface area (Å²) in [6.45, 7) is 1.65. The Morgan fingerprint density at radius 2 is 2.32 bits per heavy atom. The molecule has 1 aromatic heterocycles. The first-order valence-corrected chi connectivity index (χ1v) is 6.36. The number of nitriles is 1. The van der Waals surface area contributed by atoms with Crippen LogP contribution >= 0.6 is 11.8 Å². The van der Waals surface area contributed by atoms with Gasteiger partial charge in [0.05, 0.1) is 17.7 Å². The molecule has 2 N–H and O–H groups in total. The molecule has 98 valence electrons. The maximum absolute atomic E-state index is 11.3. The summed E-state index contributed by atoms with van der Waals surface area (Å²) in [5, 5.41) is 25.4. The first-order chi connectivity index (χ1) is 9.02. The molecule has 0 fully saturated rings. The molecule has 6 nitrogen and oxygen atoms in total. The van der Waals surface area contributed by atoms with Crippen LogP contribution in [-0.4, -0.2) is 19.9 Å². The van der Waals surface area contributed by atoms with Gasteiger partial charge in [0.1, 0.15) is 0 Å². The Balaban J connectivity index is 2.46. The van der Waals surface area contributed by atoms with Crippen LogP contribution in [0.4, 0.5) is 0 Å². The maximum atomic E-state index is 11.3. The van der Waals surface area contributed by atoms with Crippen LogP contribution in [0.25, 0.3) is 0 Å². The fourth-order valence-electron chi connectivity index (χ4n) is 1.56. The van der Waals surface area contributed by atoms with E-state index in [2.05, 4.69) is 10.2 Å². The summed E-state index contributed by atoms with van der Waals surface area (Å²) < 4.78 is 1.37. The van der Waals surface area contributed by atoms with Crippen molar-refractivity contribution in [1.82, 2.24) is 14.8 Å². The molecule has 0 spiro atoms. The second kappa shape index (κ2) is 5.30. The summed E-state index contributed by atoms with van der Waals surface area (Å²) in [6.07, 6.45) is -0.661. The third-order valence-corrected chi connectivity index (χ3v) is 3.75. The van der Waals surface area contributed by atoms with Gasteiger partial charge in [0, 0.05) is 11.9 Å². The van der Waals surface area contributed by atoms with Crippen molar-refractivity contribution in [1.29, 1.82) is 5.26 Å². The van der Waals surface area contributed by atoms with Gasteiger partial charge in [0.15, 0.2) is 5.16 Å². The highest BCUT2D eigenvalue weighted by Crippen LogP contribution is 2.32. The average Bonchev–Trinajstić information content (AvgIpc) is 2.70. The van der Waals surface area contributed by atoms with Gasteiger partial charge in [-0.1, -0.05) is 6.07 Å². The van der Waals surface area contributed by atoms with Crippen molar-refractivity contribution in [2.24, 2.45) is 7.05 Å². The van der Waals surface area contributed by atoms with Crippen molar-refractivity contribution < 1.29 is 5.11 Å². The summed E-state index contributed by atoms with van der Waals surface area (Å²) >= 11 is 1.23. The van der Waals surface area contributed by atoms with E-state index in [9.17, 15) is 9.90 Å². The first-order valence-electron chi connectivity index (χ1n) is 5.54. The quantitative estimate of drug-likeness (QED) is 0.878. The van der Waals surface area contributed by atoms with Crippen molar-refractivity contribution >= 4 is 11.8 Å². The van der Waals surface area contributed by atoms with E-state index >= 15 is 0 Å². The SMILES string of the molecule is C[C@H](O)c1ccc(C#N)cc1Sc1n[nH]c(=O)n1C. The molecule has 19 heavy (non-hydrogen) atoms. The van der Waals surface area contributed by atoms with Crippen LogP contribution in [0.5, 0.6) is 0 Å². The Morgan fingerprint density at radius 1 is 1.58 bits per heavy atom. The van der Waals surface area contributed by atoms with Gasteiger partial charge in [-0.2, -0.15) is 5.26 Å². The Bertz CT molecular complexity index is 696. The normalized spacial score (nSPS) is 12.1. The molecule has 1 atom stereocenters. The molecule has 0 aliphatic carbocycles. The smallest absolute Gasteiger partial charge is 0.343 e. The molecular formula is C12H12N4O2S. The predicted molar refractivity (Wildman–Crippen MR) is 69.7 cm³/mol. The topological polar surface area (TPSA) is 94.7 Å². The summed E-state index contributed by atoms with van der Waals surface area (Å²) in [4.78, 5) is 12.0. The Morgan fingerprint density at radius 3 is 2.84 bits per heavy atom. The molecular weight excluding hydrogens is 264 g/mol. The lowest BCUT2D eigenvalue weighted by Gasteiger charge is -2.11. The van der Waals surface area contributed by atoms with Crippen molar-refractivity contribution in [2.45, 2.75) is 23.1 Å². The van der Waals surface area contributed by atoms with Gasteiger partial charge < -0.3 is 5.11 Å². The number of aromatic amines is 1. The number of hydrogen-bond acceptors (Lipinski definition) is 5. The van der Waals surface area contributed by atoms with E-state index in [0.29, 0.717) is 21.2 Å². The standard InChI is InChI=1S/C12H12N4O2S/c1-7(17)9-4-3-8(6-13)5-10(9)19-12-15-14-11(18)16(12)2/h3-5,7,17H,1-2H3,(H,14,18)/t7-/m0/s1. The fourth-order valence-corrected chi connectivity index (χ4v) is 2.61. The molecule has 0 aliphatic rings. The zero-order valence-electron chi connectivity index (χ0n) is 10.4. The number of aromatic nitrogens is 3. The van der Waals surface area contributed by atoms with Crippen LogP contribution in [-0.2, 0) is 7.05 Å². The Labute approximate surface area is 113 Å². The van der Waals surface area contributed by atoms with Crippen LogP contribution in [0.3, 0.4) is 0 Å². The minimum absolute atomic E-state index is 0.308. The number of nitrogens with one attached hydrogen (secondary N) is 1. The number of benzene rings is 1. The monoisotopic (exact) mass is 276 g/mol. The molecule has 0 unspecified atom stereocenters. The van der Waals surface area contributed by atoms with Crippen molar-refractivity contribution in [3.8, 4) is 6.07 Å². The Kier molecular flexibility index (Phi) is 3.74. The van der Waals surface area contributed by atoms with Gasteiger partial charge in [-0.25, -0.2) is 9.89 Å². The molecule has 2 aromatic rings. The predicted octanol–water partition coefficient (Wildman–Crippen LogP) is 1.18. The van der Waals surface area contributed by atoms with E-state index in [1.165, 1.54) is 16.3 Å². The third-order valence-electron chi connectivity index (χ3n) is 2.63. The summed E-state index contributed by atoms with van der Waals surface area (Å²) in [6, 6.07) is 7.07. The minimum atomic E-state index is -0.661. The summed E-state index contributed by atoms with van der Waals surface area (Å²) in [5.41, 5.74) is 0.879. The van der Waals surface area contributed by atoms with Crippen molar-refractivity contribution in [3.05, 3.63) is 39.8 Å².